The van der Waals surface area contributed by atoms with Gasteiger partial charge in [0.2, 0.25) is 0 Å². The maximum absolute atomic E-state index is 13.0. The first-order valence-electron chi connectivity index (χ1n) is 8.15. The summed E-state index contributed by atoms with van der Waals surface area (Å²) in [5.74, 6) is -1.73. The molecule has 0 fully saturated rings. The Morgan fingerprint density at radius 1 is 1.19 bits per heavy atom. The second-order valence-electron chi connectivity index (χ2n) is 5.96. The van der Waals surface area contributed by atoms with Crippen molar-refractivity contribution >= 4 is 40.1 Å². The summed E-state index contributed by atoms with van der Waals surface area (Å²) in [5.41, 5.74) is 2.62. The van der Waals surface area contributed by atoms with Crippen LogP contribution in [-0.2, 0) is 9.53 Å². The number of amides is 1. The fourth-order valence-electron chi connectivity index (χ4n) is 2.81. The van der Waals surface area contributed by atoms with Gasteiger partial charge in [-0.1, -0.05) is 29.8 Å². The van der Waals surface area contributed by atoms with E-state index in [2.05, 4.69) is 10.3 Å². The van der Waals surface area contributed by atoms with Crippen LogP contribution in [-0.4, -0.2) is 23.5 Å². The first-order valence-corrected chi connectivity index (χ1v) is 8.52. The van der Waals surface area contributed by atoms with Gasteiger partial charge in [-0.25, -0.2) is 9.18 Å². The van der Waals surface area contributed by atoms with E-state index in [4.69, 9.17) is 16.3 Å². The van der Waals surface area contributed by atoms with Crippen molar-refractivity contribution in [1.29, 1.82) is 0 Å². The first kappa shape index (κ1) is 18.8. The molecular formula is C20H16ClFN2O3. The number of aromatic nitrogens is 1. The molecule has 1 amide bonds. The lowest BCUT2D eigenvalue weighted by molar-refractivity contribution is -0.119. The van der Waals surface area contributed by atoms with Crippen LogP contribution < -0.4 is 5.32 Å². The van der Waals surface area contributed by atoms with Crippen molar-refractivity contribution in [3.63, 3.8) is 0 Å². The molecule has 0 saturated heterocycles. The average Bonchev–Trinajstić information content (AvgIpc) is 2.62. The maximum Gasteiger partial charge on any atom is 0.340 e. The van der Waals surface area contributed by atoms with Crippen LogP contribution in [0.25, 0.3) is 10.9 Å². The maximum atomic E-state index is 13.0. The summed E-state index contributed by atoms with van der Waals surface area (Å²) >= 11 is 5.86. The number of carbonyl (C=O) groups is 2. The highest BCUT2D eigenvalue weighted by atomic mass is 35.5. The molecule has 5 nitrogen and oxygen atoms in total. The Balaban J connectivity index is 1.72. The molecule has 0 aliphatic carbocycles. The monoisotopic (exact) mass is 386 g/mol. The van der Waals surface area contributed by atoms with Crippen LogP contribution in [0.4, 0.5) is 10.1 Å². The molecule has 7 heteroatoms. The number of ether oxygens (including phenoxy) is 1. The SMILES string of the molecule is Cc1nc2ccccc2c(C)c1C(=O)OCC(=O)Nc1ccc(F)cc1Cl. The second kappa shape index (κ2) is 7.72. The van der Waals surface area contributed by atoms with Crippen molar-refractivity contribution in [3.05, 3.63) is 70.1 Å². The molecule has 0 radical (unpaired) electrons. The fraction of sp³-hybridized carbons (Fsp3) is 0.150. The molecule has 1 N–H and O–H groups in total. The fourth-order valence-corrected chi connectivity index (χ4v) is 3.03. The molecule has 0 aliphatic heterocycles. The predicted octanol–water partition coefficient (Wildman–Crippen LogP) is 4.44. The zero-order chi connectivity index (χ0) is 19.6. The van der Waals surface area contributed by atoms with Crippen LogP contribution in [0.5, 0.6) is 0 Å². The molecule has 0 spiro atoms. The van der Waals surface area contributed by atoms with E-state index in [0.717, 1.165) is 22.5 Å². The van der Waals surface area contributed by atoms with E-state index in [1.165, 1.54) is 12.1 Å². The van der Waals surface area contributed by atoms with E-state index in [1.807, 2.05) is 31.2 Å². The molecule has 138 valence electrons. The topological polar surface area (TPSA) is 68.3 Å². The predicted molar refractivity (Wildman–Crippen MR) is 102 cm³/mol. The standard InChI is InChI=1S/C20H16ClFN2O3/c1-11-14-5-3-4-6-16(14)23-12(2)19(11)20(26)27-10-18(25)24-17-8-7-13(22)9-15(17)21/h3-9H,10H2,1-2H3,(H,24,25). The van der Waals surface area contributed by atoms with E-state index >= 15 is 0 Å². The Morgan fingerprint density at radius 2 is 1.93 bits per heavy atom. The molecule has 27 heavy (non-hydrogen) atoms. The normalized spacial score (nSPS) is 10.7. The number of esters is 1. The van der Waals surface area contributed by atoms with Gasteiger partial charge in [0.05, 0.1) is 27.5 Å². The molecule has 0 bridgehead atoms. The van der Waals surface area contributed by atoms with Gasteiger partial charge in [0, 0.05) is 5.39 Å². The number of para-hydroxylation sites is 1. The molecule has 1 aromatic heterocycles. The number of aryl methyl sites for hydroxylation is 2. The number of halogens is 2. The summed E-state index contributed by atoms with van der Waals surface area (Å²) in [6, 6.07) is 11.1. The van der Waals surface area contributed by atoms with Gasteiger partial charge in [-0.2, -0.15) is 0 Å². The number of nitrogens with one attached hydrogen (secondary N) is 1. The van der Waals surface area contributed by atoms with Gasteiger partial charge in [-0.05, 0) is 43.7 Å². The third-order valence-electron chi connectivity index (χ3n) is 4.08. The van der Waals surface area contributed by atoms with Crippen LogP contribution in [0.15, 0.2) is 42.5 Å². The average molecular weight is 387 g/mol. The van der Waals surface area contributed by atoms with Gasteiger partial charge < -0.3 is 10.1 Å². The van der Waals surface area contributed by atoms with Crippen molar-refractivity contribution in [2.45, 2.75) is 13.8 Å². The van der Waals surface area contributed by atoms with Crippen molar-refractivity contribution in [2.75, 3.05) is 11.9 Å². The molecule has 0 atom stereocenters. The van der Waals surface area contributed by atoms with Crippen LogP contribution in [0.2, 0.25) is 5.02 Å². The van der Waals surface area contributed by atoms with Gasteiger partial charge >= 0.3 is 5.97 Å². The Labute approximate surface area is 160 Å². The highest BCUT2D eigenvalue weighted by Gasteiger charge is 2.19. The molecule has 3 rings (SSSR count). The summed E-state index contributed by atoms with van der Waals surface area (Å²) in [6.07, 6.45) is 0. The van der Waals surface area contributed by atoms with E-state index in [1.54, 1.807) is 6.92 Å². The number of hydrogen-bond donors (Lipinski definition) is 1. The summed E-state index contributed by atoms with van der Waals surface area (Å²) < 4.78 is 18.2. The molecular weight excluding hydrogens is 371 g/mol. The minimum Gasteiger partial charge on any atom is -0.452 e. The number of fused-ring (bicyclic) bond motifs is 1. The number of hydrogen-bond acceptors (Lipinski definition) is 4. The number of nitrogens with zero attached hydrogens (tertiary/aromatic N) is 1. The van der Waals surface area contributed by atoms with Crippen molar-refractivity contribution in [2.24, 2.45) is 0 Å². The largest absolute Gasteiger partial charge is 0.452 e. The smallest absolute Gasteiger partial charge is 0.340 e. The Bertz CT molecular complexity index is 1050. The zero-order valence-electron chi connectivity index (χ0n) is 14.7. The van der Waals surface area contributed by atoms with E-state index in [-0.39, 0.29) is 10.7 Å². The molecule has 1 heterocycles. The van der Waals surface area contributed by atoms with Crippen LogP contribution in [0.1, 0.15) is 21.6 Å². The highest BCUT2D eigenvalue weighted by molar-refractivity contribution is 6.33. The Morgan fingerprint density at radius 3 is 2.67 bits per heavy atom. The van der Waals surface area contributed by atoms with Gasteiger partial charge in [-0.15, -0.1) is 0 Å². The van der Waals surface area contributed by atoms with Crippen LogP contribution in [0, 0.1) is 19.7 Å². The molecule has 3 aromatic rings. The minimum absolute atomic E-state index is 0.0556. The summed E-state index contributed by atoms with van der Waals surface area (Å²) in [7, 11) is 0. The molecule has 0 saturated carbocycles. The van der Waals surface area contributed by atoms with E-state index in [9.17, 15) is 14.0 Å². The lowest BCUT2D eigenvalue weighted by Crippen LogP contribution is -2.22. The van der Waals surface area contributed by atoms with Gasteiger partial charge in [0.25, 0.3) is 5.91 Å². The summed E-state index contributed by atoms with van der Waals surface area (Å²) in [5, 5.41) is 3.37. The van der Waals surface area contributed by atoms with Gasteiger partial charge in [-0.3, -0.25) is 9.78 Å². The van der Waals surface area contributed by atoms with Gasteiger partial charge in [0.1, 0.15) is 5.82 Å². The van der Waals surface area contributed by atoms with Crippen molar-refractivity contribution in [3.8, 4) is 0 Å². The summed E-state index contributed by atoms with van der Waals surface area (Å²) in [4.78, 5) is 28.9. The van der Waals surface area contributed by atoms with Crippen molar-refractivity contribution in [1.82, 2.24) is 4.98 Å². The Kier molecular flexibility index (Phi) is 5.37. The van der Waals surface area contributed by atoms with Gasteiger partial charge in [0.15, 0.2) is 6.61 Å². The lowest BCUT2D eigenvalue weighted by atomic mass is 10.0. The molecule has 2 aromatic carbocycles. The third-order valence-corrected chi connectivity index (χ3v) is 4.39. The van der Waals surface area contributed by atoms with E-state index < -0.39 is 24.3 Å². The lowest BCUT2D eigenvalue weighted by Gasteiger charge is -2.12. The minimum atomic E-state index is -0.636. The molecule has 0 unspecified atom stereocenters. The summed E-state index contributed by atoms with van der Waals surface area (Å²) in [6.45, 7) is 3.03. The zero-order valence-corrected chi connectivity index (χ0v) is 15.4. The quantitative estimate of drug-likeness (QED) is 0.673. The second-order valence-corrected chi connectivity index (χ2v) is 6.37. The number of anilines is 1. The number of rotatable bonds is 4. The first-order chi connectivity index (χ1) is 12.9. The Hall–Kier alpha value is -2.99. The number of carbonyl (C=O) groups excluding carboxylic acids is 2. The van der Waals surface area contributed by atoms with Crippen LogP contribution in [0.3, 0.4) is 0 Å². The van der Waals surface area contributed by atoms with E-state index in [0.29, 0.717) is 11.3 Å². The van der Waals surface area contributed by atoms with Crippen molar-refractivity contribution < 1.29 is 18.7 Å². The molecule has 0 aliphatic rings. The van der Waals surface area contributed by atoms with Crippen LogP contribution >= 0.6 is 11.6 Å². The highest BCUT2D eigenvalue weighted by Crippen LogP contribution is 2.24. The number of benzene rings is 2. The third kappa shape index (κ3) is 4.06. The number of pyridine rings is 1.